The molecular weight excluding hydrogens is 452 g/mol. The molecule has 3 aromatic carbocycles. The first kappa shape index (κ1) is 21.6. The molecule has 0 aliphatic carbocycles. The van der Waals surface area contributed by atoms with E-state index in [-0.39, 0.29) is 16.6 Å². The van der Waals surface area contributed by atoms with Crippen LogP contribution in [0.25, 0.3) is 5.69 Å². The molecule has 1 N–H and O–H groups in total. The molecule has 0 saturated carbocycles. The Kier molecular flexibility index (Phi) is 5.26. The van der Waals surface area contributed by atoms with Gasteiger partial charge in [-0.15, -0.1) is 0 Å². The van der Waals surface area contributed by atoms with Crippen LogP contribution >= 0.6 is 11.6 Å². The van der Waals surface area contributed by atoms with Gasteiger partial charge in [0, 0.05) is 16.9 Å². The second-order valence-corrected chi connectivity index (χ2v) is 8.40. The first-order valence-electron chi connectivity index (χ1n) is 10.6. The van der Waals surface area contributed by atoms with Gasteiger partial charge in [-0.3, -0.25) is 14.4 Å². The highest BCUT2D eigenvalue weighted by molar-refractivity contribution is 6.40. The van der Waals surface area contributed by atoms with Crippen molar-refractivity contribution in [2.24, 2.45) is 0 Å². The van der Waals surface area contributed by atoms with E-state index in [1.807, 2.05) is 36.7 Å². The fourth-order valence-electron chi connectivity index (χ4n) is 4.02. The van der Waals surface area contributed by atoms with Gasteiger partial charge >= 0.3 is 0 Å². The number of carbonyl (C=O) groups excluding carboxylic acids is 3. The average molecular weight is 471 g/mol. The molecule has 5 rings (SSSR count). The van der Waals surface area contributed by atoms with Crippen LogP contribution < -0.4 is 10.2 Å². The zero-order valence-corrected chi connectivity index (χ0v) is 19.1. The number of rotatable bonds is 4. The molecule has 1 aliphatic rings. The standard InChI is InChI=1S/C26H19ClN4O3/c1-15-13-16(2)31(29-15)19-10-7-17(8-11-19)24(32)28-18-9-12-23(22(27)14-18)30-25(33)20-5-3-4-6-21(20)26(30)34/h3-14H,1-2H3,(H,28,32). The Morgan fingerprint density at radius 1 is 0.882 bits per heavy atom. The van der Waals surface area contributed by atoms with E-state index in [2.05, 4.69) is 10.4 Å². The van der Waals surface area contributed by atoms with Gasteiger partial charge in [0.2, 0.25) is 0 Å². The third kappa shape index (κ3) is 3.66. The number of amides is 3. The third-order valence-electron chi connectivity index (χ3n) is 5.62. The number of aromatic nitrogens is 2. The lowest BCUT2D eigenvalue weighted by atomic mass is 10.1. The minimum atomic E-state index is -0.429. The van der Waals surface area contributed by atoms with Gasteiger partial charge in [-0.1, -0.05) is 23.7 Å². The molecule has 34 heavy (non-hydrogen) atoms. The summed E-state index contributed by atoms with van der Waals surface area (Å²) in [5, 5.41) is 7.42. The largest absolute Gasteiger partial charge is 0.322 e. The van der Waals surface area contributed by atoms with Crippen LogP contribution in [0.1, 0.15) is 42.5 Å². The second kappa shape index (κ2) is 8.28. The first-order valence-corrected chi connectivity index (χ1v) is 10.9. The van der Waals surface area contributed by atoms with E-state index in [0.717, 1.165) is 22.0 Å². The maximum absolute atomic E-state index is 12.7. The van der Waals surface area contributed by atoms with Gasteiger partial charge in [-0.25, -0.2) is 9.58 Å². The van der Waals surface area contributed by atoms with Crippen molar-refractivity contribution in [3.63, 3.8) is 0 Å². The molecule has 1 aromatic heterocycles. The van der Waals surface area contributed by atoms with Crippen LogP contribution in [-0.2, 0) is 0 Å². The van der Waals surface area contributed by atoms with Crippen LogP contribution in [0, 0.1) is 13.8 Å². The van der Waals surface area contributed by atoms with Crippen molar-refractivity contribution < 1.29 is 14.4 Å². The van der Waals surface area contributed by atoms with Gasteiger partial charge in [0.05, 0.1) is 33.2 Å². The van der Waals surface area contributed by atoms with Gasteiger partial charge in [-0.05, 0) is 74.5 Å². The summed E-state index contributed by atoms with van der Waals surface area (Å²) < 4.78 is 1.81. The summed E-state index contributed by atoms with van der Waals surface area (Å²) in [5.41, 5.74) is 4.62. The molecule has 0 unspecified atom stereocenters. The number of benzene rings is 3. The molecule has 2 heterocycles. The Balaban J connectivity index is 1.34. The van der Waals surface area contributed by atoms with E-state index in [1.54, 1.807) is 48.5 Å². The van der Waals surface area contributed by atoms with Crippen LogP contribution in [0.2, 0.25) is 5.02 Å². The Bertz CT molecular complexity index is 1440. The molecule has 1 aliphatic heterocycles. The zero-order chi connectivity index (χ0) is 24.0. The average Bonchev–Trinajstić information content (AvgIpc) is 3.29. The Morgan fingerprint density at radius 2 is 1.53 bits per heavy atom. The maximum Gasteiger partial charge on any atom is 0.266 e. The van der Waals surface area contributed by atoms with Crippen LogP contribution in [0.4, 0.5) is 11.4 Å². The number of fused-ring (bicyclic) bond motifs is 1. The summed E-state index contributed by atoms with van der Waals surface area (Å²) in [6, 6.07) is 20.4. The van der Waals surface area contributed by atoms with Crippen molar-refractivity contribution in [3.05, 3.63) is 106 Å². The van der Waals surface area contributed by atoms with Gasteiger partial charge in [0.25, 0.3) is 17.7 Å². The number of carbonyl (C=O) groups is 3. The van der Waals surface area contributed by atoms with Crippen molar-refractivity contribution in [1.29, 1.82) is 0 Å². The number of halogens is 1. The normalized spacial score (nSPS) is 12.7. The molecule has 0 fully saturated rings. The smallest absolute Gasteiger partial charge is 0.266 e. The number of aryl methyl sites for hydroxylation is 2. The Morgan fingerprint density at radius 3 is 2.09 bits per heavy atom. The van der Waals surface area contributed by atoms with Crippen LogP contribution in [0.3, 0.4) is 0 Å². The number of hydrogen-bond donors (Lipinski definition) is 1. The SMILES string of the molecule is Cc1cc(C)n(-c2ccc(C(=O)Nc3ccc(N4C(=O)c5ccccc5C4=O)c(Cl)c3)cc2)n1. The molecule has 3 amide bonds. The molecule has 0 saturated heterocycles. The maximum atomic E-state index is 12.7. The van der Waals surface area contributed by atoms with Gasteiger partial charge in [-0.2, -0.15) is 5.10 Å². The van der Waals surface area contributed by atoms with Crippen molar-refractivity contribution in [1.82, 2.24) is 9.78 Å². The fourth-order valence-corrected chi connectivity index (χ4v) is 4.29. The van der Waals surface area contributed by atoms with Gasteiger partial charge in [0.1, 0.15) is 0 Å². The Labute approximate surface area is 200 Å². The van der Waals surface area contributed by atoms with Crippen LogP contribution in [0.5, 0.6) is 0 Å². The summed E-state index contributed by atoms with van der Waals surface area (Å²) in [4.78, 5) is 39.3. The van der Waals surface area contributed by atoms with E-state index in [4.69, 9.17) is 11.6 Å². The molecule has 0 spiro atoms. The van der Waals surface area contributed by atoms with Crippen molar-refractivity contribution in [3.8, 4) is 5.69 Å². The van der Waals surface area contributed by atoms with Gasteiger partial charge in [0.15, 0.2) is 0 Å². The highest BCUT2D eigenvalue weighted by atomic mass is 35.5. The summed E-state index contributed by atoms with van der Waals surface area (Å²) >= 11 is 6.41. The fraction of sp³-hybridized carbons (Fsp3) is 0.0769. The minimum absolute atomic E-state index is 0.173. The predicted molar refractivity (Wildman–Crippen MR) is 130 cm³/mol. The zero-order valence-electron chi connectivity index (χ0n) is 18.4. The molecule has 0 bridgehead atoms. The summed E-state index contributed by atoms with van der Waals surface area (Å²) in [6.07, 6.45) is 0. The van der Waals surface area contributed by atoms with E-state index >= 15 is 0 Å². The van der Waals surface area contributed by atoms with Crippen molar-refractivity contribution in [2.75, 3.05) is 10.2 Å². The molecule has 7 nitrogen and oxygen atoms in total. The topological polar surface area (TPSA) is 84.3 Å². The van der Waals surface area contributed by atoms with Crippen LogP contribution in [-0.4, -0.2) is 27.5 Å². The van der Waals surface area contributed by atoms with Crippen molar-refractivity contribution in [2.45, 2.75) is 13.8 Å². The lowest BCUT2D eigenvalue weighted by Gasteiger charge is -2.16. The number of hydrogen-bond acceptors (Lipinski definition) is 4. The molecule has 0 radical (unpaired) electrons. The van der Waals surface area contributed by atoms with Crippen LogP contribution in [0.15, 0.2) is 72.8 Å². The predicted octanol–water partition coefficient (Wildman–Crippen LogP) is 5.20. The van der Waals surface area contributed by atoms with Crippen molar-refractivity contribution >= 4 is 40.7 Å². The number of nitrogens with zero attached hydrogens (tertiary/aromatic N) is 3. The number of anilines is 2. The number of nitrogens with one attached hydrogen (secondary N) is 1. The highest BCUT2D eigenvalue weighted by Crippen LogP contribution is 2.35. The lowest BCUT2D eigenvalue weighted by molar-refractivity contribution is 0.0924. The minimum Gasteiger partial charge on any atom is -0.322 e. The van der Waals surface area contributed by atoms with E-state index in [1.165, 1.54) is 6.07 Å². The summed E-state index contributed by atoms with van der Waals surface area (Å²) in [6.45, 7) is 3.89. The molecule has 8 heteroatoms. The third-order valence-corrected chi connectivity index (χ3v) is 5.93. The number of imide groups is 1. The quantitative estimate of drug-likeness (QED) is 0.416. The highest BCUT2D eigenvalue weighted by Gasteiger charge is 2.37. The molecular formula is C26H19ClN4O3. The molecule has 168 valence electrons. The lowest BCUT2D eigenvalue weighted by Crippen LogP contribution is -2.29. The molecule has 4 aromatic rings. The van der Waals surface area contributed by atoms with E-state index in [9.17, 15) is 14.4 Å². The summed E-state index contributed by atoms with van der Waals surface area (Å²) in [7, 11) is 0. The second-order valence-electron chi connectivity index (χ2n) is 8.00. The molecule has 0 atom stereocenters. The first-order chi connectivity index (χ1) is 16.3. The summed E-state index contributed by atoms with van der Waals surface area (Å²) in [5.74, 6) is -1.17. The van der Waals surface area contributed by atoms with E-state index in [0.29, 0.717) is 22.4 Å². The Hall–Kier alpha value is -4.23. The monoisotopic (exact) mass is 470 g/mol. The van der Waals surface area contributed by atoms with Gasteiger partial charge < -0.3 is 5.32 Å². The van der Waals surface area contributed by atoms with E-state index < -0.39 is 11.8 Å².